The summed E-state index contributed by atoms with van der Waals surface area (Å²) in [5.74, 6) is 0.963. The van der Waals surface area contributed by atoms with E-state index in [-0.39, 0.29) is 29.2 Å². The van der Waals surface area contributed by atoms with E-state index in [4.69, 9.17) is 14.2 Å². The van der Waals surface area contributed by atoms with E-state index >= 15 is 0 Å². The second-order valence-electron chi connectivity index (χ2n) is 10.4. The molecule has 0 unspecified atom stereocenters. The van der Waals surface area contributed by atoms with E-state index in [1.165, 1.54) is 38.7 Å². The first kappa shape index (κ1) is 30.1. The van der Waals surface area contributed by atoms with E-state index in [0.717, 1.165) is 24.7 Å². The lowest BCUT2D eigenvalue weighted by Gasteiger charge is -2.33. The number of aromatic nitrogens is 2. The molecular weight excluding hydrogens is 563 g/mol. The lowest BCUT2D eigenvalue weighted by atomic mass is 10.0. The molecule has 3 aromatic carbocycles. The zero-order valence-corrected chi connectivity index (χ0v) is 24.3. The molecule has 1 amide bonds. The third-order valence-corrected chi connectivity index (χ3v) is 7.42. The predicted molar refractivity (Wildman–Crippen MR) is 156 cm³/mol. The smallest absolute Gasteiger partial charge is 0.416 e. The zero-order chi connectivity index (χ0) is 30.7. The molecule has 226 valence electrons. The number of rotatable bonds is 8. The Morgan fingerprint density at radius 2 is 1.65 bits per heavy atom. The molecule has 5 rings (SSSR count). The molecule has 2 heterocycles. The van der Waals surface area contributed by atoms with Crippen LogP contribution >= 0.6 is 0 Å². The molecule has 9 nitrogen and oxygen atoms in total. The molecule has 0 bridgehead atoms. The number of hydrogen-bond donors (Lipinski definition) is 1. The standard InChI is InChI=1S/C31H32F3N5O4/c1-19-5-6-20(13-26(19)43-30-23-15-27(41-3)28(42-4)16-25(23)35-18-36-30)29(40)37-22-8-7-21(24(14-22)31(32,33)34)17-39-11-9-38(2)10-12-39/h5-8,13-16,18H,9-12,17H2,1-4H3,(H,37,40). The number of nitrogens with zero attached hydrogens (tertiary/aromatic N) is 4. The van der Waals surface area contributed by atoms with Crippen molar-refractivity contribution >= 4 is 22.5 Å². The number of alkyl halides is 3. The molecule has 12 heteroatoms. The number of ether oxygens (including phenoxy) is 3. The third-order valence-electron chi connectivity index (χ3n) is 7.42. The van der Waals surface area contributed by atoms with E-state index in [1.807, 2.05) is 11.9 Å². The Morgan fingerprint density at radius 3 is 2.35 bits per heavy atom. The monoisotopic (exact) mass is 595 g/mol. The third kappa shape index (κ3) is 6.81. The minimum Gasteiger partial charge on any atom is -0.493 e. The summed E-state index contributed by atoms with van der Waals surface area (Å²) >= 11 is 0. The number of likely N-dealkylation sites (N-methyl/N-ethyl adjacent to an activating group) is 1. The fourth-order valence-corrected chi connectivity index (χ4v) is 4.90. The number of amides is 1. The number of hydrogen-bond acceptors (Lipinski definition) is 8. The van der Waals surface area contributed by atoms with Crippen molar-refractivity contribution in [2.45, 2.75) is 19.6 Å². The van der Waals surface area contributed by atoms with Gasteiger partial charge in [0.1, 0.15) is 12.1 Å². The number of aryl methyl sites for hydroxylation is 1. The van der Waals surface area contributed by atoms with Gasteiger partial charge in [-0.2, -0.15) is 13.2 Å². The normalized spacial score (nSPS) is 14.5. The van der Waals surface area contributed by atoms with Crippen LogP contribution in [0.25, 0.3) is 10.9 Å². The molecule has 0 atom stereocenters. The SMILES string of the molecule is COc1cc2ncnc(Oc3cc(C(=O)Nc4ccc(CN5CCN(C)CC5)c(C(F)(F)F)c4)ccc3C)c2cc1OC. The second-order valence-corrected chi connectivity index (χ2v) is 10.4. The number of anilines is 1. The van der Waals surface area contributed by atoms with Gasteiger partial charge in [-0.3, -0.25) is 9.69 Å². The number of carbonyl (C=O) groups excluding carboxylic acids is 1. The number of carbonyl (C=O) groups is 1. The molecule has 1 N–H and O–H groups in total. The summed E-state index contributed by atoms with van der Waals surface area (Å²) in [5, 5.41) is 3.17. The van der Waals surface area contributed by atoms with Crippen molar-refractivity contribution in [2.24, 2.45) is 0 Å². The summed E-state index contributed by atoms with van der Waals surface area (Å²) < 4.78 is 58.9. The molecule has 0 radical (unpaired) electrons. The first-order chi connectivity index (χ1) is 20.5. The fourth-order valence-electron chi connectivity index (χ4n) is 4.90. The van der Waals surface area contributed by atoms with Gasteiger partial charge in [0.2, 0.25) is 5.88 Å². The zero-order valence-electron chi connectivity index (χ0n) is 24.3. The van der Waals surface area contributed by atoms with Crippen molar-refractivity contribution < 1.29 is 32.2 Å². The van der Waals surface area contributed by atoms with Gasteiger partial charge < -0.3 is 24.4 Å². The molecule has 1 fully saturated rings. The molecule has 4 aromatic rings. The van der Waals surface area contributed by atoms with Crippen LogP contribution in [0, 0.1) is 6.92 Å². The summed E-state index contributed by atoms with van der Waals surface area (Å²) in [5.41, 5.74) is 0.938. The van der Waals surface area contributed by atoms with Crippen molar-refractivity contribution in [3.63, 3.8) is 0 Å². The molecule has 0 aliphatic carbocycles. The molecule has 43 heavy (non-hydrogen) atoms. The first-order valence-electron chi connectivity index (χ1n) is 13.6. The van der Waals surface area contributed by atoms with E-state index < -0.39 is 17.6 Å². The van der Waals surface area contributed by atoms with Gasteiger partial charge in [0, 0.05) is 50.0 Å². The van der Waals surface area contributed by atoms with Crippen LogP contribution in [0.4, 0.5) is 18.9 Å². The number of fused-ring (bicyclic) bond motifs is 1. The number of halogens is 3. The van der Waals surface area contributed by atoms with E-state index in [9.17, 15) is 18.0 Å². The molecule has 1 aliphatic heterocycles. The lowest BCUT2D eigenvalue weighted by molar-refractivity contribution is -0.138. The van der Waals surface area contributed by atoms with Crippen molar-refractivity contribution in [3.05, 3.63) is 77.1 Å². The van der Waals surface area contributed by atoms with E-state index in [0.29, 0.717) is 41.2 Å². The van der Waals surface area contributed by atoms with Crippen molar-refractivity contribution in [3.8, 4) is 23.1 Å². The Labute approximate surface area is 247 Å². The van der Waals surface area contributed by atoms with Gasteiger partial charge >= 0.3 is 6.18 Å². The lowest BCUT2D eigenvalue weighted by Crippen LogP contribution is -2.44. The maximum Gasteiger partial charge on any atom is 0.416 e. The van der Waals surface area contributed by atoms with Gasteiger partial charge in [-0.15, -0.1) is 0 Å². The maximum absolute atomic E-state index is 14.0. The quantitative estimate of drug-likeness (QED) is 0.275. The van der Waals surface area contributed by atoms with E-state index in [2.05, 4.69) is 20.2 Å². The highest BCUT2D eigenvalue weighted by Crippen LogP contribution is 2.37. The molecule has 0 spiro atoms. The summed E-state index contributed by atoms with van der Waals surface area (Å²) in [6, 6.07) is 12.1. The average molecular weight is 596 g/mol. The van der Waals surface area contributed by atoms with Gasteiger partial charge in [0.25, 0.3) is 5.91 Å². The number of benzene rings is 3. The maximum atomic E-state index is 14.0. The number of piperazine rings is 1. The van der Waals surface area contributed by atoms with Crippen LogP contribution in [0.2, 0.25) is 0 Å². The minimum atomic E-state index is -4.57. The van der Waals surface area contributed by atoms with Gasteiger partial charge in [-0.1, -0.05) is 12.1 Å². The van der Waals surface area contributed by atoms with Crippen LogP contribution in [0.3, 0.4) is 0 Å². The first-order valence-corrected chi connectivity index (χ1v) is 13.6. The van der Waals surface area contributed by atoms with Crippen LogP contribution < -0.4 is 19.5 Å². The minimum absolute atomic E-state index is 0.0466. The Balaban J connectivity index is 1.37. The van der Waals surface area contributed by atoms with Crippen LogP contribution in [-0.2, 0) is 12.7 Å². The second kappa shape index (κ2) is 12.4. The topological polar surface area (TPSA) is 89.0 Å². The number of methoxy groups -OCH3 is 2. The van der Waals surface area contributed by atoms with Crippen LogP contribution in [0.15, 0.2) is 54.9 Å². The van der Waals surface area contributed by atoms with Gasteiger partial charge in [0.15, 0.2) is 11.5 Å². The Hall–Kier alpha value is -4.42. The van der Waals surface area contributed by atoms with Crippen LogP contribution in [0.5, 0.6) is 23.1 Å². The molecular formula is C31H32F3N5O4. The predicted octanol–water partition coefficient (Wildman–Crippen LogP) is 5.77. The van der Waals surface area contributed by atoms with Gasteiger partial charge in [-0.05, 0) is 55.4 Å². The van der Waals surface area contributed by atoms with Gasteiger partial charge in [0.05, 0.1) is 30.7 Å². The largest absolute Gasteiger partial charge is 0.493 e. The molecule has 1 aliphatic rings. The highest BCUT2D eigenvalue weighted by atomic mass is 19.4. The Kier molecular flexibility index (Phi) is 8.69. The van der Waals surface area contributed by atoms with Crippen molar-refractivity contribution in [1.82, 2.24) is 19.8 Å². The Morgan fingerprint density at radius 1 is 0.930 bits per heavy atom. The summed E-state index contributed by atoms with van der Waals surface area (Å²) in [4.78, 5) is 25.9. The highest BCUT2D eigenvalue weighted by molar-refractivity contribution is 6.04. The Bertz CT molecular complexity index is 1640. The molecule has 0 saturated carbocycles. The van der Waals surface area contributed by atoms with Gasteiger partial charge in [-0.25, -0.2) is 9.97 Å². The van der Waals surface area contributed by atoms with Crippen molar-refractivity contribution in [2.75, 3.05) is 52.8 Å². The van der Waals surface area contributed by atoms with Crippen LogP contribution in [0.1, 0.15) is 27.0 Å². The summed E-state index contributed by atoms with van der Waals surface area (Å²) in [6.07, 6.45) is -3.22. The fraction of sp³-hybridized carbons (Fsp3) is 0.323. The van der Waals surface area contributed by atoms with Crippen molar-refractivity contribution in [1.29, 1.82) is 0 Å². The van der Waals surface area contributed by atoms with E-state index in [1.54, 1.807) is 31.2 Å². The summed E-state index contributed by atoms with van der Waals surface area (Å²) in [6.45, 7) is 4.97. The average Bonchev–Trinajstić information content (AvgIpc) is 2.99. The molecule has 1 aromatic heterocycles. The molecule has 1 saturated heterocycles. The summed E-state index contributed by atoms with van der Waals surface area (Å²) in [7, 11) is 5.03. The van der Waals surface area contributed by atoms with Crippen LogP contribution in [-0.4, -0.2) is 73.1 Å². The highest BCUT2D eigenvalue weighted by Gasteiger charge is 2.34. The number of nitrogens with one attached hydrogen (secondary N) is 1.